The van der Waals surface area contributed by atoms with Crippen molar-refractivity contribution in [3.8, 4) is 5.75 Å². The Balaban J connectivity index is 1.69. The fourth-order valence-electron chi connectivity index (χ4n) is 4.26. The standard InChI is InChI=1S/C25H26IN3O5S/c1-25(2,3)15-6-7-17-20(11-15)35-24(21(17)23(31)27-13-16-5-4-8-34-16)28-12-14-9-18(26)22(30)19(10-14)29(32)33/h4-5,8-10,12,15,30H,6-7,11,13H2,1-3H3,(H,27,31)/t15-/m0/s1. The molecule has 1 amide bonds. The van der Waals surface area contributed by atoms with Crippen molar-refractivity contribution in [3.63, 3.8) is 0 Å². The maximum Gasteiger partial charge on any atom is 0.312 e. The molecular weight excluding hydrogens is 581 g/mol. The Labute approximate surface area is 220 Å². The van der Waals surface area contributed by atoms with Gasteiger partial charge in [-0.2, -0.15) is 0 Å². The summed E-state index contributed by atoms with van der Waals surface area (Å²) in [6.07, 6.45) is 5.76. The summed E-state index contributed by atoms with van der Waals surface area (Å²) >= 11 is 3.35. The molecule has 1 aliphatic rings. The highest BCUT2D eigenvalue weighted by atomic mass is 127. The summed E-state index contributed by atoms with van der Waals surface area (Å²) in [6.45, 7) is 7.00. The number of nitrogens with one attached hydrogen (secondary N) is 1. The van der Waals surface area contributed by atoms with Gasteiger partial charge >= 0.3 is 5.69 Å². The van der Waals surface area contributed by atoms with E-state index in [9.17, 15) is 20.0 Å². The second-order valence-electron chi connectivity index (χ2n) is 9.64. The molecule has 1 aliphatic carbocycles. The minimum absolute atomic E-state index is 0.161. The van der Waals surface area contributed by atoms with Crippen molar-refractivity contribution in [2.45, 2.75) is 46.6 Å². The number of fused-ring (bicyclic) bond motifs is 1. The number of phenols is 1. The number of rotatable bonds is 6. The topological polar surface area (TPSA) is 118 Å². The van der Waals surface area contributed by atoms with Gasteiger partial charge in [0.2, 0.25) is 5.75 Å². The fraction of sp³-hybridized carbons (Fsp3) is 0.360. The molecule has 3 aromatic rings. The predicted octanol–water partition coefficient (Wildman–Crippen LogP) is 6.39. The van der Waals surface area contributed by atoms with Crippen LogP contribution < -0.4 is 5.32 Å². The third kappa shape index (κ3) is 5.58. The fourth-order valence-corrected chi connectivity index (χ4v) is 6.16. The van der Waals surface area contributed by atoms with Crippen LogP contribution in [-0.4, -0.2) is 22.2 Å². The van der Waals surface area contributed by atoms with Crippen molar-refractivity contribution < 1.29 is 19.2 Å². The molecular formula is C25H26IN3O5S. The molecule has 2 heterocycles. The lowest BCUT2D eigenvalue weighted by molar-refractivity contribution is -0.386. The van der Waals surface area contributed by atoms with Crippen molar-refractivity contribution in [1.29, 1.82) is 0 Å². The summed E-state index contributed by atoms with van der Waals surface area (Å²) in [6, 6.07) is 6.47. The van der Waals surface area contributed by atoms with Crippen LogP contribution in [0.5, 0.6) is 5.75 Å². The third-order valence-corrected chi connectivity index (χ3v) is 8.28. The normalized spacial score (nSPS) is 15.8. The first-order valence-electron chi connectivity index (χ1n) is 11.2. The lowest BCUT2D eigenvalue weighted by Gasteiger charge is -2.33. The number of nitro groups is 1. The van der Waals surface area contributed by atoms with E-state index in [4.69, 9.17) is 4.42 Å². The maximum absolute atomic E-state index is 13.3. The van der Waals surface area contributed by atoms with Gasteiger partial charge in [-0.3, -0.25) is 14.9 Å². The van der Waals surface area contributed by atoms with Gasteiger partial charge in [0.1, 0.15) is 10.8 Å². The van der Waals surface area contributed by atoms with Gasteiger partial charge in [0.15, 0.2) is 0 Å². The summed E-state index contributed by atoms with van der Waals surface area (Å²) in [5.41, 5.74) is 1.84. The quantitative estimate of drug-likeness (QED) is 0.146. The Morgan fingerprint density at radius 2 is 2.20 bits per heavy atom. The first-order chi connectivity index (χ1) is 16.5. The van der Waals surface area contributed by atoms with Crippen LogP contribution in [0.2, 0.25) is 0 Å². The van der Waals surface area contributed by atoms with E-state index in [0.717, 1.165) is 29.7 Å². The van der Waals surface area contributed by atoms with Gasteiger partial charge in [-0.15, -0.1) is 11.3 Å². The summed E-state index contributed by atoms with van der Waals surface area (Å²) in [4.78, 5) is 29.7. The number of nitrogens with zero attached hydrogens (tertiary/aromatic N) is 2. The van der Waals surface area contributed by atoms with E-state index in [2.05, 4.69) is 31.1 Å². The molecule has 0 bridgehead atoms. The molecule has 0 unspecified atom stereocenters. The lowest BCUT2D eigenvalue weighted by atomic mass is 9.72. The van der Waals surface area contributed by atoms with Crippen LogP contribution in [0.3, 0.4) is 0 Å². The van der Waals surface area contributed by atoms with Crippen molar-refractivity contribution in [2.75, 3.05) is 0 Å². The monoisotopic (exact) mass is 607 g/mol. The van der Waals surface area contributed by atoms with Crippen molar-refractivity contribution >= 4 is 56.7 Å². The Morgan fingerprint density at radius 1 is 1.43 bits per heavy atom. The molecule has 0 spiro atoms. The van der Waals surface area contributed by atoms with Crippen LogP contribution in [0.25, 0.3) is 0 Å². The van der Waals surface area contributed by atoms with Gasteiger partial charge in [-0.25, -0.2) is 4.99 Å². The zero-order valence-electron chi connectivity index (χ0n) is 19.6. The predicted molar refractivity (Wildman–Crippen MR) is 144 cm³/mol. The largest absolute Gasteiger partial charge is 0.501 e. The molecule has 1 atom stereocenters. The average molecular weight is 607 g/mol. The zero-order valence-corrected chi connectivity index (χ0v) is 22.6. The van der Waals surface area contributed by atoms with Gasteiger partial charge in [0.05, 0.1) is 26.9 Å². The van der Waals surface area contributed by atoms with E-state index < -0.39 is 4.92 Å². The van der Waals surface area contributed by atoms with Crippen molar-refractivity contribution in [1.82, 2.24) is 5.32 Å². The number of halogens is 1. The lowest BCUT2D eigenvalue weighted by Crippen LogP contribution is -2.28. The molecule has 1 aromatic carbocycles. The molecule has 0 radical (unpaired) electrons. The number of phenolic OH excluding ortho intramolecular Hbond substituents is 1. The summed E-state index contributed by atoms with van der Waals surface area (Å²) in [5.74, 6) is 0.578. The molecule has 10 heteroatoms. The minimum atomic E-state index is -0.626. The SMILES string of the molecule is CC(C)(C)[C@H]1CCc2c(sc(N=Cc3cc(I)c(O)c([N+](=O)[O-])c3)c2C(=O)NCc2ccco2)C1. The van der Waals surface area contributed by atoms with Crippen molar-refractivity contribution in [2.24, 2.45) is 16.3 Å². The summed E-state index contributed by atoms with van der Waals surface area (Å²) in [7, 11) is 0. The van der Waals surface area contributed by atoms with Gasteiger partial charge in [-0.1, -0.05) is 20.8 Å². The molecule has 35 heavy (non-hydrogen) atoms. The zero-order chi connectivity index (χ0) is 25.3. The van der Waals surface area contributed by atoms with Crippen LogP contribution in [0, 0.1) is 25.0 Å². The second-order valence-corrected chi connectivity index (χ2v) is 11.9. The molecule has 2 aromatic heterocycles. The number of hydrogen-bond donors (Lipinski definition) is 2. The molecule has 0 saturated heterocycles. The van der Waals surface area contributed by atoms with E-state index in [1.165, 1.54) is 23.6 Å². The molecule has 4 rings (SSSR count). The van der Waals surface area contributed by atoms with Crippen LogP contribution in [0.15, 0.2) is 39.9 Å². The third-order valence-electron chi connectivity index (χ3n) is 6.29. The molecule has 0 aliphatic heterocycles. The van der Waals surface area contributed by atoms with Gasteiger partial charge < -0.3 is 14.8 Å². The van der Waals surface area contributed by atoms with E-state index in [1.807, 2.05) is 22.6 Å². The smallest absolute Gasteiger partial charge is 0.312 e. The molecule has 2 N–H and O–H groups in total. The Hall–Kier alpha value is -2.73. The number of furan rings is 1. The Bertz CT molecular complexity index is 1290. The number of carbonyl (C=O) groups excluding carboxylic acids is 1. The Morgan fingerprint density at radius 3 is 2.86 bits per heavy atom. The van der Waals surface area contributed by atoms with Gasteiger partial charge in [0.25, 0.3) is 5.91 Å². The molecule has 0 saturated carbocycles. The van der Waals surface area contributed by atoms with E-state index in [1.54, 1.807) is 24.5 Å². The summed E-state index contributed by atoms with van der Waals surface area (Å²) in [5, 5.41) is 24.8. The van der Waals surface area contributed by atoms with Crippen LogP contribution in [0.4, 0.5) is 10.7 Å². The number of thiophene rings is 1. The highest BCUT2D eigenvalue weighted by molar-refractivity contribution is 14.1. The Kier molecular flexibility index (Phi) is 7.32. The molecule has 0 fully saturated rings. The number of hydrogen-bond acceptors (Lipinski definition) is 7. The highest BCUT2D eigenvalue weighted by Crippen LogP contribution is 2.45. The maximum atomic E-state index is 13.3. The number of benzene rings is 1. The number of nitro benzene ring substituents is 1. The van der Waals surface area contributed by atoms with E-state index >= 15 is 0 Å². The van der Waals surface area contributed by atoms with Crippen molar-refractivity contribution in [3.05, 3.63) is 71.5 Å². The number of aliphatic imine (C=N–C) groups is 1. The minimum Gasteiger partial charge on any atom is -0.501 e. The van der Waals surface area contributed by atoms with E-state index in [0.29, 0.717) is 31.4 Å². The summed E-state index contributed by atoms with van der Waals surface area (Å²) < 4.78 is 5.69. The second kappa shape index (κ2) is 10.1. The first-order valence-corrected chi connectivity index (χ1v) is 13.1. The highest BCUT2D eigenvalue weighted by Gasteiger charge is 2.33. The van der Waals surface area contributed by atoms with Crippen LogP contribution in [0.1, 0.15) is 59.3 Å². The number of carbonyl (C=O) groups is 1. The molecule has 184 valence electrons. The van der Waals surface area contributed by atoms with Crippen LogP contribution >= 0.6 is 33.9 Å². The van der Waals surface area contributed by atoms with Gasteiger partial charge in [0, 0.05) is 22.7 Å². The first kappa shape index (κ1) is 25.4. The molecule has 8 nitrogen and oxygen atoms in total. The van der Waals surface area contributed by atoms with Gasteiger partial charge in [-0.05, 0) is 76.9 Å². The number of amides is 1. The van der Waals surface area contributed by atoms with Crippen LogP contribution in [-0.2, 0) is 19.4 Å². The average Bonchev–Trinajstić information content (AvgIpc) is 3.44. The van der Waals surface area contributed by atoms with E-state index in [-0.39, 0.29) is 29.3 Å². The number of aromatic hydroxyl groups is 1.